The van der Waals surface area contributed by atoms with Crippen LogP contribution in [0.25, 0.3) is 0 Å². The summed E-state index contributed by atoms with van der Waals surface area (Å²) >= 11 is 0. The van der Waals surface area contributed by atoms with Crippen LogP contribution in [-0.2, 0) is 9.53 Å². The first-order valence-electron chi connectivity index (χ1n) is 7.63. The van der Waals surface area contributed by atoms with Crippen LogP contribution in [0.15, 0.2) is 22.8 Å². The fraction of sp³-hybridized carbons (Fsp3) is 0.688. The number of carbonyl (C=O) groups excluding carboxylic acids is 1. The molecule has 1 saturated heterocycles. The summed E-state index contributed by atoms with van der Waals surface area (Å²) in [5, 5.41) is 0. The van der Waals surface area contributed by atoms with Gasteiger partial charge in [0.05, 0.1) is 12.3 Å². The molecule has 2 heterocycles. The lowest BCUT2D eigenvalue weighted by atomic mass is 9.90. The molecule has 4 heteroatoms. The third-order valence-electron chi connectivity index (χ3n) is 3.94. The van der Waals surface area contributed by atoms with E-state index in [9.17, 15) is 4.79 Å². The molecule has 1 aromatic rings. The number of furan rings is 1. The molecular weight excluding hydrogens is 254 g/mol. The monoisotopic (exact) mass is 279 g/mol. The lowest BCUT2D eigenvalue weighted by molar-refractivity contribution is -0.136. The fourth-order valence-corrected chi connectivity index (χ4v) is 2.80. The van der Waals surface area contributed by atoms with Crippen LogP contribution >= 0.6 is 0 Å². The second-order valence-electron chi connectivity index (χ2n) is 5.55. The van der Waals surface area contributed by atoms with E-state index in [1.165, 1.54) is 0 Å². The number of carbonyl (C=O) groups is 1. The van der Waals surface area contributed by atoms with Crippen LogP contribution in [0.4, 0.5) is 0 Å². The summed E-state index contributed by atoms with van der Waals surface area (Å²) in [5.41, 5.74) is 0. The molecule has 1 fully saturated rings. The zero-order valence-corrected chi connectivity index (χ0v) is 12.5. The maximum atomic E-state index is 12.4. The zero-order valence-electron chi connectivity index (χ0n) is 12.5. The van der Waals surface area contributed by atoms with Gasteiger partial charge in [-0.1, -0.05) is 6.92 Å². The topological polar surface area (TPSA) is 42.7 Å². The number of ether oxygens (including phenoxy) is 1. The molecule has 20 heavy (non-hydrogen) atoms. The fourth-order valence-electron chi connectivity index (χ4n) is 2.80. The van der Waals surface area contributed by atoms with Crippen molar-refractivity contribution in [1.29, 1.82) is 0 Å². The van der Waals surface area contributed by atoms with Gasteiger partial charge in [0.2, 0.25) is 5.91 Å². The molecule has 1 aromatic heterocycles. The number of rotatable bonds is 6. The van der Waals surface area contributed by atoms with E-state index < -0.39 is 0 Å². The van der Waals surface area contributed by atoms with Crippen molar-refractivity contribution >= 4 is 5.91 Å². The van der Waals surface area contributed by atoms with Gasteiger partial charge in [-0.15, -0.1) is 0 Å². The number of hydrogen-bond donors (Lipinski definition) is 0. The number of hydrogen-bond acceptors (Lipinski definition) is 3. The smallest absolute Gasteiger partial charge is 0.223 e. The summed E-state index contributed by atoms with van der Waals surface area (Å²) in [6, 6.07) is 3.98. The van der Waals surface area contributed by atoms with Gasteiger partial charge in [-0.2, -0.15) is 0 Å². The summed E-state index contributed by atoms with van der Waals surface area (Å²) in [6.45, 7) is 6.43. The van der Waals surface area contributed by atoms with Crippen LogP contribution in [0.3, 0.4) is 0 Å². The Bertz CT molecular complexity index is 402. The Morgan fingerprint density at radius 2 is 2.40 bits per heavy atom. The SMILES string of the molecule is CCOCCCC(=O)N1CC[C@@H](C)C[C@@H]1c1ccco1. The van der Waals surface area contributed by atoms with E-state index in [2.05, 4.69) is 6.92 Å². The maximum Gasteiger partial charge on any atom is 0.223 e. The first kappa shape index (κ1) is 15.1. The Morgan fingerprint density at radius 3 is 3.10 bits per heavy atom. The largest absolute Gasteiger partial charge is 0.467 e. The molecule has 112 valence electrons. The van der Waals surface area contributed by atoms with Gasteiger partial charge in [-0.05, 0) is 44.2 Å². The molecule has 2 atom stereocenters. The first-order valence-corrected chi connectivity index (χ1v) is 7.63. The van der Waals surface area contributed by atoms with Crippen molar-refractivity contribution in [3.63, 3.8) is 0 Å². The van der Waals surface area contributed by atoms with Crippen LogP contribution in [0.2, 0.25) is 0 Å². The third kappa shape index (κ3) is 3.85. The average molecular weight is 279 g/mol. The van der Waals surface area contributed by atoms with Gasteiger partial charge in [0.15, 0.2) is 0 Å². The molecule has 0 saturated carbocycles. The molecule has 0 unspecified atom stereocenters. The second-order valence-corrected chi connectivity index (χ2v) is 5.55. The summed E-state index contributed by atoms with van der Waals surface area (Å²) < 4.78 is 10.8. The molecule has 0 aliphatic carbocycles. The lowest BCUT2D eigenvalue weighted by Gasteiger charge is -2.37. The minimum absolute atomic E-state index is 0.105. The average Bonchev–Trinajstić information content (AvgIpc) is 2.97. The van der Waals surface area contributed by atoms with Gasteiger partial charge < -0.3 is 14.1 Å². The molecule has 0 aromatic carbocycles. The quantitative estimate of drug-likeness (QED) is 0.750. The number of amides is 1. The van der Waals surface area contributed by atoms with E-state index in [1.54, 1.807) is 6.26 Å². The molecule has 0 N–H and O–H groups in total. The van der Waals surface area contributed by atoms with Gasteiger partial charge in [0, 0.05) is 26.2 Å². The van der Waals surface area contributed by atoms with Crippen LogP contribution < -0.4 is 0 Å². The van der Waals surface area contributed by atoms with E-state index in [1.807, 2.05) is 24.0 Å². The van der Waals surface area contributed by atoms with Gasteiger partial charge >= 0.3 is 0 Å². The predicted octanol–water partition coefficient (Wildman–Crippen LogP) is 3.40. The number of likely N-dealkylation sites (tertiary alicyclic amines) is 1. The Balaban J connectivity index is 1.94. The summed E-state index contributed by atoms with van der Waals surface area (Å²) in [7, 11) is 0. The minimum atomic E-state index is 0.105. The van der Waals surface area contributed by atoms with E-state index in [0.717, 1.165) is 31.6 Å². The van der Waals surface area contributed by atoms with Crippen molar-refractivity contribution < 1.29 is 13.9 Å². The highest BCUT2D eigenvalue weighted by Gasteiger charge is 2.32. The van der Waals surface area contributed by atoms with Gasteiger partial charge in [0.1, 0.15) is 5.76 Å². The van der Waals surface area contributed by atoms with Crippen molar-refractivity contribution in [3.8, 4) is 0 Å². The summed E-state index contributed by atoms with van der Waals surface area (Å²) in [5.74, 6) is 1.77. The number of piperidine rings is 1. The Labute approximate surface area is 121 Å². The number of nitrogens with zero attached hydrogens (tertiary/aromatic N) is 1. The molecule has 1 amide bonds. The normalized spacial score (nSPS) is 23.0. The van der Waals surface area contributed by atoms with E-state index in [0.29, 0.717) is 25.6 Å². The van der Waals surface area contributed by atoms with Gasteiger partial charge in [0.25, 0.3) is 0 Å². The highest BCUT2D eigenvalue weighted by atomic mass is 16.5. The summed E-state index contributed by atoms with van der Waals surface area (Å²) in [6.07, 6.45) is 5.11. The van der Waals surface area contributed by atoms with E-state index in [-0.39, 0.29) is 11.9 Å². The Hall–Kier alpha value is -1.29. The standard InChI is InChI=1S/C16H25NO3/c1-3-19-10-5-7-16(18)17-9-8-13(2)12-14(17)15-6-4-11-20-15/h4,6,11,13-14H,3,5,7-10,12H2,1-2H3/t13-,14-/m1/s1. The molecule has 2 rings (SSSR count). The van der Waals surface area contributed by atoms with Crippen molar-refractivity contribution in [2.45, 2.75) is 45.6 Å². The molecule has 0 bridgehead atoms. The second kappa shape index (κ2) is 7.48. The zero-order chi connectivity index (χ0) is 14.4. The molecule has 4 nitrogen and oxygen atoms in total. The Morgan fingerprint density at radius 1 is 1.55 bits per heavy atom. The van der Waals surface area contributed by atoms with Crippen LogP contribution in [-0.4, -0.2) is 30.6 Å². The van der Waals surface area contributed by atoms with Gasteiger partial charge in [-0.3, -0.25) is 4.79 Å². The third-order valence-corrected chi connectivity index (χ3v) is 3.94. The van der Waals surface area contributed by atoms with Crippen molar-refractivity contribution in [3.05, 3.63) is 24.2 Å². The predicted molar refractivity (Wildman–Crippen MR) is 77.3 cm³/mol. The molecular formula is C16H25NO3. The van der Waals surface area contributed by atoms with E-state index in [4.69, 9.17) is 9.15 Å². The van der Waals surface area contributed by atoms with Crippen molar-refractivity contribution in [1.82, 2.24) is 4.90 Å². The highest BCUT2D eigenvalue weighted by Crippen LogP contribution is 2.34. The van der Waals surface area contributed by atoms with Crippen LogP contribution in [0, 0.1) is 5.92 Å². The van der Waals surface area contributed by atoms with Gasteiger partial charge in [-0.25, -0.2) is 0 Å². The summed E-state index contributed by atoms with van der Waals surface area (Å²) in [4.78, 5) is 14.4. The maximum absolute atomic E-state index is 12.4. The van der Waals surface area contributed by atoms with Crippen molar-refractivity contribution in [2.24, 2.45) is 5.92 Å². The molecule has 0 spiro atoms. The molecule has 0 radical (unpaired) electrons. The van der Waals surface area contributed by atoms with Crippen LogP contribution in [0.5, 0.6) is 0 Å². The molecule has 1 aliphatic heterocycles. The van der Waals surface area contributed by atoms with E-state index >= 15 is 0 Å². The highest BCUT2D eigenvalue weighted by molar-refractivity contribution is 5.76. The van der Waals surface area contributed by atoms with Crippen LogP contribution in [0.1, 0.15) is 51.3 Å². The molecule has 1 aliphatic rings. The Kier molecular flexibility index (Phi) is 5.65. The first-order chi connectivity index (χ1) is 9.72. The van der Waals surface area contributed by atoms with Crippen molar-refractivity contribution in [2.75, 3.05) is 19.8 Å². The minimum Gasteiger partial charge on any atom is -0.467 e. The lowest BCUT2D eigenvalue weighted by Crippen LogP contribution is -2.40.